The van der Waals surface area contributed by atoms with Crippen molar-refractivity contribution in [2.24, 2.45) is 0 Å². The molecule has 0 saturated heterocycles. The smallest absolute Gasteiger partial charge is 0.330 e. The predicted molar refractivity (Wildman–Crippen MR) is 114 cm³/mol. The molecule has 0 aliphatic heterocycles. The fraction of sp³-hybridized carbons (Fsp3) is 0.320. The highest BCUT2D eigenvalue weighted by Gasteiger charge is 2.16. The molecule has 2 aromatic carbocycles. The Morgan fingerprint density at radius 2 is 1.79 bits per heavy atom. The largest absolute Gasteiger partial charge is 0.508 e. The SMILES string of the molecule is CCOC(=O)/C=C/c1ccc(C(=C2CCCCC2)c2ccc(O)cc2C)cc1. The molecule has 1 N–H and O–H groups in total. The van der Waals surface area contributed by atoms with Crippen molar-refractivity contribution < 1.29 is 14.6 Å². The number of hydrogen-bond donors (Lipinski definition) is 1. The van der Waals surface area contributed by atoms with E-state index in [0.29, 0.717) is 12.4 Å². The number of rotatable bonds is 5. The van der Waals surface area contributed by atoms with Gasteiger partial charge in [0.15, 0.2) is 0 Å². The van der Waals surface area contributed by atoms with E-state index in [1.807, 2.05) is 24.3 Å². The summed E-state index contributed by atoms with van der Waals surface area (Å²) >= 11 is 0. The molecule has 2 aromatic rings. The molecule has 28 heavy (non-hydrogen) atoms. The number of phenolic OH excluding ortho intramolecular Hbond substituents is 1. The van der Waals surface area contributed by atoms with Gasteiger partial charge in [-0.15, -0.1) is 0 Å². The van der Waals surface area contributed by atoms with Gasteiger partial charge in [0, 0.05) is 6.08 Å². The molecular formula is C25H28O3. The molecule has 1 saturated carbocycles. The van der Waals surface area contributed by atoms with Crippen LogP contribution in [0.4, 0.5) is 0 Å². The van der Waals surface area contributed by atoms with E-state index in [1.54, 1.807) is 19.1 Å². The van der Waals surface area contributed by atoms with Crippen LogP contribution in [0.25, 0.3) is 11.6 Å². The van der Waals surface area contributed by atoms with Gasteiger partial charge in [-0.3, -0.25) is 0 Å². The van der Waals surface area contributed by atoms with Gasteiger partial charge in [-0.1, -0.05) is 42.3 Å². The molecule has 1 fully saturated rings. The van der Waals surface area contributed by atoms with Crippen molar-refractivity contribution in [1.29, 1.82) is 0 Å². The monoisotopic (exact) mass is 376 g/mol. The maximum Gasteiger partial charge on any atom is 0.330 e. The van der Waals surface area contributed by atoms with E-state index >= 15 is 0 Å². The molecule has 1 aliphatic rings. The van der Waals surface area contributed by atoms with E-state index in [-0.39, 0.29) is 5.97 Å². The average Bonchev–Trinajstić information content (AvgIpc) is 2.70. The molecule has 0 amide bonds. The van der Waals surface area contributed by atoms with Gasteiger partial charge in [-0.2, -0.15) is 0 Å². The summed E-state index contributed by atoms with van der Waals surface area (Å²) < 4.78 is 4.93. The maximum absolute atomic E-state index is 11.5. The van der Waals surface area contributed by atoms with Crippen LogP contribution in [0, 0.1) is 6.92 Å². The van der Waals surface area contributed by atoms with E-state index < -0.39 is 0 Å². The summed E-state index contributed by atoms with van der Waals surface area (Å²) in [6.07, 6.45) is 9.25. The molecule has 146 valence electrons. The molecule has 3 heteroatoms. The number of ether oxygens (including phenoxy) is 1. The number of esters is 1. The van der Waals surface area contributed by atoms with Crippen molar-refractivity contribution in [3.05, 3.63) is 76.4 Å². The van der Waals surface area contributed by atoms with Crippen molar-refractivity contribution in [3.63, 3.8) is 0 Å². The number of hydrogen-bond acceptors (Lipinski definition) is 3. The molecular weight excluding hydrogens is 348 g/mol. The number of allylic oxidation sites excluding steroid dienone is 1. The first-order valence-corrected chi connectivity index (χ1v) is 10.1. The number of carbonyl (C=O) groups is 1. The quantitative estimate of drug-likeness (QED) is 0.511. The summed E-state index contributed by atoms with van der Waals surface area (Å²) in [5.74, 6) is -0.0231. The number of aryl methyl sites for hydroxylation is 1. The zero-order chi connectivity index (χ0) is 19.9. The van der Waals surface area contributed by atoms with Gasteiger partial charge in [-0.25, -0.2) is 4.79 Å². The molecule has 3 rings (SSSR count). The first-order chi connectivity index (χ1) is 13.6. The third-order valence-corrected chi connectivity index (χ3v) is 5.19. The fourth-order valence-electron chi connectivity index (χ4n) is 3.82. The Bertz CT molecular complexity index is 881. The van der Waals surface area contributed by atoms with E-state index in [2.05, 4.69) is 19.1 Å². The molecule has 0 aromatic heterocycles. The predicted octanol–water partition coefficient (Wildman–Crippen LogP) is 6.04. The molecule has 0 bridgehead atoms. The van der Waals surface area contributed by atoms with Crippen LogP contribution in [0.1, 0.15) is 61.3 Å². The van der Waals surface area contributed by atoms with Crippen molar-refractivity contribution in [2.75, 3.05) is 6.61 Å². The third kappa shape index (κ3) is 4.92. The van der Waals surface area contributed by atoms with E-state index in [4.69, 9.17) is 4.74 Å². The number of benzene rings is 2. The Morgan fingerprint density at radius 1 is 1.07 bits per heavy atom. The van der Waals surface area contributed by atoms with Crippen molar-refractivity contribution in [2.45, 2.75) is 46.0 Å². The summed E-state index contributed by atoms with van der Waals surface area (Å²) in [5.41, 5.74) is 7.20. The summed E-state index contributed by atoms with van der Waals surface area (Å²) in [6, 6.07) is 13.9. The van der Waals surface area contributed by atoms with Crippen molar-refractivity contribution in [3.8, 4) is 5.75 Å². The third-order valence-electron chi connectivity index (χ3n) is 5.19. The highest BCUT2D eigenvalue weighted by Crippen LogP contribution is 2.37. The number of aromatic hydroxyl groups is 1. The first kappa shape index (κ1) is 19.9. The van der Waals surface area contributed by atoms with Crippen LogP contribution in [0.3, 0.4) is 0 Å². The Labute approximate surface area is 167 Å². The van der Waals surface area contributed by atoms with Gasteiger partial charge in [0.05, 0.1) is 6.61 Å². The summed E-state index contributed by atoms with van der Waals surface area (Å²) in [7, 11) is 0. The molecule has 3 nitrogen and oxygen atoms in total. The van der Waals surface area contributed by atoms with Crippen LogP contribution in [0.2, 0.25) is 0 Å². The highest BCUT2D eigenvalue weighted by molar-refractivity contribution is 5.87. The topological polar surface area (TPSA) is 46.5 Å². The maximum atomic E-state index is 11.5. The lowest BCUT2D eigenvalue weighted by molar-refractivity contribution is -0.137. The Kier molecular flexibility index (Phi) is 6.70. The van der Waals surface area contributed by atoms with Crippen molar-refractivity contribution in [1.82, 2.24) is 0 Å². The van der Waals surface area contributed by atoms with Gasteiger partial charge in [0.25, 0.3) is 0 Å². The van der Waals surface area contributed by atoms with E-state index in [1.165, 1.54) is 47.6 Å². The highest BCUT2D eigenvalue weighted by atomic mass is 16.5. The molecule has 1 aliphatic carbocycles. The molecule has 0 atom stereocenters. The van der Waals surface area contributed by atoms with Gasteiger partial charge in [-0.05, 0) is 85.6 Å². The van der Waals surface area contributed by atoms with Gasteiger partial charge in [0.1, 0.15) is 5.75 Å². The molecule has 0 radical (unpaired) electrons. The molecule has 0 heterocycles. The van der Waals surface area contributed by atoms with Crippen LogP contribution in [-0.2, 0) is 9.53 Å². The second-order valence-corrected chi connectivity index (χ2v) is 7.25. The van der Waals surface area contributed by atoms with Crippen LogP contribution < -0.4 is 0 Å². The summed E-state index contributed by atoms with van der Waals surface area (Å²) in [4.78, 5) is 11.5. The van der Waals surface area contributed by atoms with Gasteiger partial charge in [0.2, 0.25) is 0 Å². The molecule has 0 unspecified atom stereocenters. The summed E-state index contributed by atoms with van der Waals surface area (Å²) in [5, 5.41) is 9.82. The lowest BCUT2D eigenvalue weighted by atomic mass is 9.83. The minimum atomic E-state index is -0.323. The van der Waals surface area contributed by atoms with Gasteiger partial charge >= 0.3 is 5.97 Å². The Morgan fingerprint density at radius 3 is 2.43 bits per heavy atom. The van der Waals surface area contributed by atoms with Crippen LogP contribution in [0.15, 0.2) is 54.1 Å². The number of carbonyl (C=O) groups excluding carboxylic acids is 1. The normalized spacial score (nSPS) is 14.3. The lowest BCUT2D eigenvalue weighted by Gasteiger charge is -2.21. The van der Waals surface area contributed by atoms with Crippen LogP contribution in [0.5, 0.6) is 5.75 Å². The Balaban J connectivity index is 1.96. The van der Waals surface area contributed by atoms with Gasteiger partial charge < -0.3 is 9.84 Å². The van der Waals surface area contributed by atoms with Crippen LogP contribution >= 0.6 is 0 Å². The Hall–Kier alpha value is -2.81. The standard InChI is InChI=1S/C25H28O3/c1-3-28-24(27)16-11-19-9-12-21(13-10-19)25(20-7-5-4-6-8-20)23-15-14-22(26)17-18(23)2/h9-17,26H,3-8H2,1-2H3/b16-11+. The van der Waals surface area contributed by atoms with Crippen molar-refractivity contribution >= 4 is 17.6 Å². The second-order valence-electron chi connectivity index (χ2n) is 7.25. The zero-order valence-corrected chi connectivity index (χ0v) is 16.7. The average molecular weight is 376 g/mol. The van der Waals surface area contributed by atoms with E-state index in [0.717, 1.165) is 24.0 Å². The lowest BCUT2D eigenvalue weighted by Crippen LogP contribution is -2.02. The zero-order valence-electron chi connectivity index (χ0n) is 16.7. The van der Waals surface area contributed by atoms with Crippen LogP contribution in [-0.4, -0.2) is 17.7 Å². The first-order valence-electron chi connectivity index (χ1n) is 10.1. The van der Waals surface area contributed by atoms with E-state index in [9.17, 15) is 9.90 Å². The summed E-state index contributed by atoms with van der Waals surface area (Å²) in [6.45, 7) is 4.23. The molecule has 0 spiro atoms. The fourth-order valence-corrected chi connectivity index (χ4v) is 3.82. The minimum absolute atomic E-state index is 0.300. The second kappa shape index (κ2) is 9.41. The minimum Gasteiger partial charge on any atom is -0.508 e. The number of phenols is 1.